The van der Waals surface area contributed by atoms with Crippen molar-refractivity contribution in [3.8, 4) is 11.5 Å². The minimum absolute atomic E-state index is 0.0104. The molecule has 0 saturated carbocycles. The number of hydrogen-bond acceptors (Lipinski definition) is 10. The van der Waals surface area contributed by atoms with Crippen LogP contribution in [0.5, 0.6) is 11.5 Å². The first kappa shape index (κ1) is 29.6. The Morgan fingerprint density at radius 3 is 2.36 bits per heavy atom. The van der Waals surface area contributed by atoms with E-state index in [9.17, 15) is 23.3 Å². The van der Waals surface area contributed by atoms with Gasteiger partial charge in [-0.1, -0.05) is 24.3 Å². The summed E-state index contributed by atoms with van der Waals surface area (Å²) in [6.07, 6.45) is 1.43. The molecule has 0 saturated heterocycles. The van der Waals surface area contributed by atoms with Crippen molar-refractivity contribution in [3.05, 3.63) is 118 Å². The lowest BCUT2D eigenvalue weighted by Gasteiger charge is -2.10. The van der Waals surface area contributed by atoms with E-state index < -0.39 is 26.6 Å². The third kappa shape index (κ3) is 7.40. The van der Waals surface area contributed by atoms with Gasteiger partial charge in [0.15, 0.2) is 0 Å². The van der Waals surface area contributed by atoms with Crippen LogP contribution in [-0.2, 0) is 21.4 Å². The zero-order chi connectivity index (χ0) is 30.1. The number of hydrazone groups is 1. The fraction of sp³-hybridized carbons (Fsp3) is 0.103. The molecule has 4 rings (SSSR count). The smallest absolute Gasteiger partial charge is 0.337 e. The summed E-state index contributed by atoms with van der Waals surface area (Å²) in [4.78, 5) is 22.4. The predicted molar refractivity (Wildman–Crippen MR) is 157 cm³/mol. The molecule has 42 heavy (non-hydrogen) atoms. The molecule has 0 aliphatic heterocycles. The molecule has 0 radical (unpaired) electrons. The third-order valence-corrected chi connectivity index (χ3v) is 7.27. The van der Waals surface area contributed by atoms with Crippen LogP contribution in [0.1, 0.15) is 21.5 Å². The molecule has 4 aromatic rings. The number of nitro groups is 1. The number of nitrogens with zero attached hydrogens (tertiary/aromatic N) is 2. The fourth-order valence-corrected chi connectivity index (χ4v) is 4.78. The lowest BCUT2D eigenvalue weighted by molar-refractivity contribution is -0.384. The minimum Gasteiger partial charge on any atom is -0.497 e. The zero-order valence-corrected chi connectivity index (χ0v) is 23.3. The molecule has 13 heteroatoms. The number of para-hydroxylation sites is 1. The minimum atomic E-state index is -4.11. The van der Waals surface area contributed by atoms with Gasteiger partial charge in [0.05, 0.1) is 35.8 Å². The second-order valence-electron chi connectivity index (χ2n) is 8.66. The molecule has 0 fully saturated rings. The Kier molecular flexibility index (Phi) is 9.35. The molecule has 0 atom stereocenters. The molecule has 2 N–H and O–H groups in total. The van der Waals surface area contributed by atoms with Gasteiger partial charge < -0.3 is 14.2 Å². The highest BCUT2D eigenvalue weighted by Crippen LogP contribution is 2.29. The topological polar surface area (TPSA) is 158 Å². The first-order valence-corrected chi connectivity index (χ1v) is 13.8. The highest BCUT2D eigenvalue weighted by Gasteiger charge is 2.22. The first-order valence-electron chi connectivity index (χ1n) is 12.3. The molecule has 0 aliphatic carbocycles. The van der Waals surface area contributed by atoms with Gasteiger partial charge in [-0.25, -0.2) is 13.2 Å². The maximum absolute atomic E-state index is 12.9. The van der Waals surface area contributed by atoms with Gasteiger partial charge in [0.2, 0.25) is 0 Å². The summed E-state index contributed by atoms with van der Waals surface area (Å²) in [7, 11) is -1.31. The summed E-state index contributed by atoms with van der Waals surface area (Å²) >= 11 is 0. The fourth-order valence-electron chi connectivity index (χ4n) is 3.70. The number of benzene rings is 4. The monoisotopic (exact) mass is 590 g/mol. The number of carbonyl (C=O) groups is 1. The summed E-state index contributed by atoms with van der Waals surface area (Å²) in [5, 5.41) is 15.9. The van der Waals surface area contributed by atoms with E-state index in [4.69, 9.17) is 14.2 Å². The number of hydrogen-bond donors (Lipinski definition) is 2. The molecule has 216 valence electrons. The van der Waals surface area contributed by atoms with Gasteiger partial charge in [0.25, 0.3) is 15.7 Å². The molecule has 0 amide bonds. The predicted octanol–water partition coefficient (Wildman–Crippen LogP) is 5.22. The molecule has 0 heterocycles. The van der Waals surface area contributed by atoms with Crippen molar-refractivity contribution < 1.29 is 32.3 Å². The zero-order valence-electron chi connectivity index (χ0n) is 22.5. The van der Waals surface area contributed by atoms with Crippen LogP contribution in [0.3, 0.4) is 0 Å². The van der Waals surface area contributed by atoms with Gasteiger partial charge in [0, 0.05) is 17.3 Å². The van der Waals surface area contributed by atoms with E-state index in [-0.39, 0.29) is 22.9 Å². The van der Waals surface area contributed by atoms with Gasteiger partial charge in [-0.05, 0) is 66.2 Å². The Morgan fingerprint density at radius 2 is 1.69 bits per heavy atom. The number of nitro benzene ring substituents is 1. The summed E-state index contributed by atoms with van der Waals surface area (Å²) < 4.78 is 43.8. The molecular formula is C29H26N4O8S. The summed E-state index contributed by atoms with van der Waals surface area (Å²) in [5.41, 5.74) is 4.21. The normalized spacial score (nSPS) is 11.1. The molecular weight excluding hydrogens is 564 g/mol. The quantitative estimate of drug-likeness (QED) is 0.0977. The van der Waals surface area contributed by atoms with E-state index in [2.05, 4.69) is 15.2 Å². The standard InChI is InChI=1S/C29H26N4O8S/c1-39-24-13-11-23(12-14-24)32-42(37,38)25-15-16-26(27(17-25)33(35)36)31-30-18-22-5-3-4-6-28(22)41-19-20-7-9-21(10-8-20)29(34)40-2/h3-18,31-32H,19H2,1-2H3/b30-18+. The Balaban J connectivity index is 1.46. The van der Waals surface area contributed by atoms with E-state index in [0.29, 0.717) is 22.6 Å². The lowest BCUT2D eigenvalue weighted by atomic mass is 10.1. The number of nitrogens with one attached hydrogen (secondary N) is 2. The van der Waals surface area contributed by atoms with Crippen LogP contribution in [0.15, 0.2) is 101 Å². The van der Waals surface area contributed by atoms with Crippen molar-refractivity contribution in [1.82, 2.24) is 0 Å². The average molecular weight is 591 g/mol. The van der Waals surface area contributed by atoms with E-state index in [1.54, 1.807) is 60.7 Å². The van der Waals surface area contributed by atoms with Crippen molar-refractivity contribution in [1.29, 1.82) is 0 Å². The molecule has 0 aliphatic rings. The van der Waals surface area contributed by atoms with Crippen molar-refractivity contribution in [2.75, 3.05) is 24.4 Å². The van der Waals surface area contributed by atoms with Crippen LogP contribution in [-0.4, -0.2) is 39.7 Å². The highest BCUT2D eigenvalue weighted by molar-refractivity contribution is 7.92. The van der Waals surface area contributed by atoms with E-state index in [0.717, 1.165) is 11.6 Å². The van der Waals surface area contributed by atoms with Gasteiger partial charge in [-0.15, -0.1) is 0 Å². The van der Waals surface area contributed by atoms with Crippen molar-refractivity contribution >= 4 is 39.3 Å². The van der Waals surface area contributed by atoms with Gasteiger partial charge in [-0.2, -0.15) is 5.10 Å². The largest absolute Gasteiger partial charge is 0.497 e. The number of esters is 1. The van der Waals surface area contributed by atoms with Crippen LogP contribution in [0.25, 0.3) is 0 Å². The maximum atomic E-state index is 12.9. The van der Waals surface area contributed by atoms with E-state index in [1.807, 2.05) is 0 Å². The third-order valence-electron chi connectivity index (χ3n) is 5.90. The number of methoxy groups -OCH3 is 2. The van der Waals surface area contributed by atoms with Crippen LogP contribution in [0.2, 0.25) is 0 Å². The van der Waals surface area contributed by atoms with Crippen molar-refractivity contribution in [2.45, 2.75) is 11.5 Å². The number of carbonyl (C=O) groups excluding carboxylic acids is 1. The first-order chi connectivity index (χ1) is 20.2. The molecule has 12 nitrogen and oxygen atoms in total. The molecule has 0 unspecified atom stereocenters. The van der Waals surface area contributed by atoms with Crippen LogP contribution < -0.4 is 19.6 Å². The number of rotatable bonds is 12. The SMILES string of the molecule is COC(=O)c1ccc(COc2ccccc2/C=N/Nc2ccc(S(=O)(=O)Nc3ccc(OC)cc3)cc2[N+](=O)[O-])cc1. The van der Waals surface area contributed by atoms with E-state index >= 15 is 0 Å². The number of sulfonamides is 1. The van der Waals surface area contributed by atoms with E-state index in [1.165, 1.54) is 44.7 Å². The Bertz CT molecular complexity index is 1710. The highest BCUT2D eigenvalue weighted by atomic mass is 32.2. The van der Waals surface area contributed by atoms with Crippen LogP contribution >= 0.6 is 0 Å². The Labute approximate surface area is 241 Å². The summed E-state index contributed by atoms with van der Waals surface area (Å²) in [6, 6.07) is 23.5. The molecule has 0 bridgehead atoms. The molecule has 0 spiro atoms. The summed E-state index contributed by atoms with van der Waals surface area (Å²) in [5.74, 6) is 0.615. The second-order valence-corrected chi connectivity index (χ2v) is 10.3. The van der Waals surface area contributed by atoms with Gasteiger partial charge in [-0.3, -0.25) is 20.3 Å². The Hall–Kier alpha value is -5.43. The van der Waals surface area contributed by atoms with Crippen LogP contribution in [0, 0.1) is 10.1 Å². The molecule has 4 aromatic carbocycles. The number of anilines is 2. The van der Waals surface area contributed by atoms with Crippen molar-refractivity contribution in [3.63, 3.8) is 0 Å². The maximum Gasteiger partial charge on any atom is 0.337 e. The Morgan fingerprint density at radius 1 is 0.976 bits per heavy atom. The van der Waals surface area contributed by atoms with Gasteiger partial charge in [0.1, 0.15) is 23.8 Å². The van der Waals surface area contributed by atoms with Crippen LogP contribution in [0.4, 0.5) is 17.1 Å². The van der Waals surface area contributed by atoms with Crippen molar-refractivity contribution in [2.24, 2.45) is 5.10 Å². The lowest BCUT2D eigenvalue weighted by Crippen LogP contribution is -2.13. The van der Waals surface area contributed by atoms with Gasteiger partial charge >= 0.3 is 5.97 Å². The average Bonchev–Trinajstić information content (AvgIpc) is 3.00. The molecule has 0 aromatic heterocycles. The number of ether oxygens (including phenoxy) is 3. The second kappa shape index (κ2) is 13.3. The summed E-state index contributed by atoms with van der Waals surface area (Å²) in [6.45, 7) is 0.214.